The summed E-state index contributed by atoms with van der Waals surface area (Å²) in [7, 11) is 0. The molecule has 0 saturated carbocycles. The summed E-state index contributed by atoms with van der Waals surface area (Å²) in [5, 5.41) is 11.1. The van der Waals surface area contributed by atoms with Crippen LogP contribution in [0.4, 0.5) is 13.2 Å². The van der Waals surface area contributed by atoms with Gasteiger partial charge in [-0.2, -0.15) is 13.2 Å². The van der Waals surface area contributed by atoms with E-state index in [-0.39, 0.29) is 0 Å². The van der Waals surface area contributed by atoms with Gasteiger partial charge in [0.15, 0.2) is 0 Å². The average Bonchev–Trinajstić information content (AvgIpc) is 3.05. The SMILES string of the molecule is Cc1cc(/C=C/c2sc(-c3ccc(C(F)(F)F)cc3)nc2C)ccc1OCC(=O)[O-]. The lowest BCUT2D eigenvalue weighted by Gasteiger charge is -2.09. The molecule has 0 fully saturated rings. The van der Waals surface area contributed by atoms with Crippen LogP contribution in [0.25, 0.3) is 22.7 Å². The molecule has 30 heavy (non-hydrogen) atoms. The Morgan fingerprint density at radius 3 is 2.43 bits per heavy atom. The highest BCUT2D eigenvalue weighted by atomic mass is 32.1. The van der Waals surface area contributed by atoms with Crippen LogP contribution in [0.15, 0.2) is 42.5 Å². The van der Waals surface area contributed by atoms with Gasteiger partial charge in [-0.25, -0.2) is 4.98 Å². The van der Waals surface area contributed by atoms with Gasteiger partial charge in [-0.1, -0.05) is 24.3 Å². The molecular formula is C22H17F3NO3S-. The van der Waals surface area contributed by atoms with Gasteiger partial charge in [-0.05, 0) is 55.3 Å². The Morgan fingerprint density at radius 2 is 1.83 bits per heavy atom. The number of aliphatic carboxylic acids is 1. The fourth-order valence-corrected chi connectivity index (χ4v) is 3.71. The van der Waals surface area contributed by atoms with Crippen LogP contribution in [-0.4, -0.2) is 17.6 Å². The van der Waals surface area contributed by atoms with Crippen molar-refractivity contribution < 1.29 is 27.8 Å². The number of carbonyl (C=O) groups excluding carboxylic acids is 1. The number of hydrogen-bond donors (Lipinski definition) is 0. The van der Waals surface area contributed by atoms with Gasteiger partial charge in [0.1, 0.15) is 17.4 Å². The van der Waals surface area contributed by atoms with E-state index in [0.717, 1.165) is 33.8 Å². The molecule has 156 valence electrons. The zero-order valence-corrected chi connectivity index (χ0v) is 16.9. The van der Waals surface area contributed by atoms with Gasteiger partial charge in [0.05, 0.1) is 22.1 Å². The van der Waals surface area contributed by atoms with E-state index in [1.54, 1.807) is 12.1 Å². The molecule has 1 heterocycles. The molecule has 0 aliphatic carbocycles. The molecule has 0 aliphatic heterocycles. The molecule has 2 aromatic carbocycles. The highest BCUT2D eigenvalue weighted by Crippen LogP contribution is 2.33. The second kappa shape index (κ2) is 8.71. The number of benzene rings is 2. The Morgan fingerprint density at radius 1 is 1.13 bits per heavy atom. The van der Waals surface area contributed by atoms with E-state index in [4.69, 9.17) is 4.74 Å². The molecule has 0 bridgehead atoms. The van der Waals surface area contributed by atoms with Gasteiger partial charge >= 0.3 is 6.18 Å². The fraction of sp³-hybridized carbons (Fsp3) is 0.182. The largest absolute Gasteiger partial charge is 0.546 e. The number of ether oxygens (including phenoxy) is 1. The molecular weight excluding hydrogens is 415 g/mol. The molecule has 8 heteroatoms. The van der Waals surface area contributed by atoms with Crippen molar-refractivity contribution in [2.75, 3.05) is 6.61 Å². The summed E-state index contributed by atoms with van der Waals surface area (Å²) < 4.78 is 43.3. The van der Waals surface area contributed by atoms with Crippen molar-refractivity contribution in [2.45, 2.75) is 20.0 Å². The molecule has 0 aliphatic rings. The third-order valence-corrected chi connectivity index (χ3v) is 5.44. The summed E-state index contributed by atoms with van der Waals surface area (Å²) in [4.78, 5) is 15.9. The number of carboxylic acid groups (broad SMARTS) is 1. The molecule has 0 spiro atoms. The molecule has 0 radical (unpaired) electrons. The number of aromatic nitrogens is 1. The molecule has 0 atom stereocenters. The Bertz CT molecular complexity index is 1090. The Balaban J connectivity index is 1.76. The van der Waals surface area contributed by atoms with Gasteiger partial charge in [-0.3, -0.25) is 0 Å². The zero-order chi connectivity index (χ0) is 21.9. The summed E-state index contributed by atoms with van der Waals surface area (Å²) in [6.07, 6.45) is -0.599. The third kappa shape index (κ3) is 5.27. The topological polar surface area (TPSA) is 62.2 Å². The lowest BCUT2D eigenvalue weighted by molar-refractivity contribution is -0.307. The Labute approximate surface area is 175 Å². The predicted molar refractivity (Wildman–Crippen MR) is 108 cm³/mol. The van der Waals surface area contributed by atoms with Crippen molar-refractivity contribution in [1.29, 1.82) is 0 Å². The van der Waals surface area contributed by atoms with Crippen molar-refractivity contribution in [3.05, 3.63) is 69.7 Å². The first kappa shape index (κ1) is 21.6. The monoisotopic (exact) mass is 432 g/mol. The van der Waals surface area contributed by atoms with Crippen LogP contribution in [0.1, 0.15) is 27.3 Å². The molecule has 3 rings (SSSR count). The van der Waals surface area contributed by atoms with E-state index in [0.29, 0.717) is 16.3 Å². The normalized spacial score (nSPS) is 11.8. The minimum atomic E-state index is -4.37. The van der Waals surface area contributed by atoms with Crippen LogP contribution in [0.3, 0.4) is 0 Å². The second-order valence-corrected chi connectivity index (χ2v) is 7.59. The van der Waals surface area contributed by atoms with Crippen LogP contribution in [0.2, 0.25) is 0 Å². The number of hydrogen-bond acceptors (Lipinski definition) is 5. The average molecular weight is 432 g/mol. The standard InChI is InChI=1S/C22H18F3NO3S/c1-13-11-15(3-9-18(13)29-12-20(27)28)4-10-19-14(2)26-21(30-19)16-5-7-17(8-6-16)22(23,24)25/h3-11H,12H2,1-2H3,(H,27,28)/p-1/b10-4+. The van der Waals surface area contributed by atoms with Gasteiger partial charge in [0.2, 0.25) is 0 Å². The van der Waals surface area contributed by atoms with E-state index in [1.807, 2.05) is 32.1 Å². The van der Waals surface area contributed by atoms with Crippen molar-refractivity contribution in [3.8, 4) is 16.3 Å². The maximum Gasteiger partial charge on any atom is 0.416 e. The Kier molecular flexibility index (Phi) is 6.26. The molecule has 0 unspecified atom stereocenters. The fourth-order valence-electron chi connectivity index (χ4n) is 2.73. The lowest BCUT2D eigenvalue weighted by Crippen LogP contribution is -2.29. The first-order valence-electron chi connectivity index (χ1n) is 8.90. The number of carbonyl (C=O) groups is 1. The first-order valence-corrected chi connectivity index (χ1v) is 9.71. The van der Waals surface area contributed by atoms with Crippen molar-refractivity contribution in [2.24, 2.45) is 0 Å². The van der Waals surface area contributed by atoms with E-state index in [2.05, 4.69) is 4.98 Å². The minimum Gasteiger partial charge on any atom is -0.546 e. The van der Waals surface area contributed by atoms with Crippen LogP contribution < -0.4 is 9.84 Å². The van der Waals surface area contributed by atoms with Gasteiger partial charge < -0.3 is 14.6 Å². The van der Waals surface area contributed by atoms with Gasteiger partial charge in [0.25, 0.3) is 0 Å². The number of thiazole rings is 1. The number of alkyl halides is 3. The summed E-state index contributed by atoms with van der Waals surface area (Å²) >= 11 is 1.39. The van der Waals surface area contributed by atoms with Crippen LogP contribution >= 0.6 is 11.3 Å². The van der Waals surface area contributed by atoms with Crippen LogP contribution in [0.5, 0.6) is 5.75 Å². The quantitative estimate of drug-likeness (QED) is 0.564. The van der Waals surface area contributed by atoms with E-state index < -0.39 is 24.3 Å². The number of rotatable bonds is 6. The minimum absolute atomic E-state index is 0.468. The highest BCUT2D eigenvalue weighted by molar-refractivity contribution is 7.16. The maximum atomic E-state index is 12.7. The van der Waals surface area contributed by atoms with E-state index >= 15 is 0 Å². The summed E-state index contributed by atoms with van der Waals surface area (Å²) in [5.41, 5.74) is 2.38. The molecule has 0 amide bonds. The van der Waals surface area contributed by atoms with Crippen molar-refractivity contribution in [3.63, 3.8) is 0 Å². The highest BCUT2D eigenvalue weighted by Gasteiger charge is 2.30. The molecule has 1 aromatic heterocycles. The van der Waals surface area contributed by atoms with E-state index in [1.165, 1.54) is 23.5 Å². The number of aryl methyl sites for hydroxylation is 2. The number of carboxylic acids is 1. The predicted octanol–water partition coefficient (Wildman–Crippen LogP) is 4.74. The van der Waals surface area contributed by atoms with Gasteiger partial charge in [-0.15, -0.1) is 11.3 Å². The lowest BCUT2D eigenvalue weighted by atomic mass is 10.1. The molecule has 3 aromatic rings. The second-order valence-electron chi connectivity index (χ2n) is 6.56. The summed E-state index contributed by atoms with van der Waals surface area (Å²) in [6.45, 7) is 3.14. The number of halogens is 3. The van der Waals surface area contributed by atoms with Crippen molar-refractivity contribution >= 4 is 29.5 Å². The Hall–Kier alpha value is -3.13. The third-order valence-electron chi connectivity index (χ3n) is 4.26. The molecule has 0 saturated heterocycles. The van der Waals surface area contributed by atoms with Crippen LogP contribution in [0, 0.1) is 13.8 Å². The van der Waals surface area contributed by atoms with E-state index in [9.17, 15) is 23.1 Å². The number of nitrogens with zero attached hydrogens (tertiary/aromatic N) is 1. The molecule has 0 N–H and O–H groups in total. The zero-order valence-electron chi connectivity index (χ0n) is 16.1. The maximum absolute atomic E-state index is 12.7. The first-order chi connectivity index (χ1) is 14.1. The summed E-state index contributed by atoms with van der Waals surface area (Å²) in [5.74, 6) is -0.821. The van der Waals surface area contributed by atoms with Crippen LogP contribution in [-0.2, 0) is 11.0 Å². The smallest absolute Gasteiger partial charge is 0.416 e. The van der Waals surface area contributed by atoms with Crippen molar-refractivity contribution in [1.82, 2.24) is 4.98 Å². The van der Waals surface area contributed by atoms with Gasteiger partial charge in [0, 0.05) is 5.56 Å². The summed E-state index contributed by atoms with van der Waals surface area (Å²) in [6, 6.07) is 10.3. The molecule has 4 nitrogen and oxygen atoms in total.